The van der Waals surface area contributed by atoms with Gasteiger partial charge in [0.05, 0.1) is 0 Å². The predicted molar refractivity (Wildman–Crippen MR) is 123 cm³/mol. The molecule has 6 nitrogen and oxygen atoms in total. The number of nitrogens with one attached hydrogen (secondary N) is 1. The monoisotopic (exact) mass is 430 g/mol. The number of carbonyl (C=O) groups is 2. The molecule has 0 aromatic heterocycles. The smallest absolute Gasteiger partial charge is 0.262 e. The van der Waals surface area contributed by atoms with Crippen LogP contribution in [-0.4, -0.2) is 36.4 Å². The minimum absolute atomic E-state index is 0.00259. The summed E-state index contributed by atoms with van der Waals surface area (Å²) >= 11 is 0. The first-order chi connectivity index (χ1) is 15.6. The van der Waals surface area contributed by atoms with Crippen LogP contribution in [0.5, 0.6) is 17.2 Å². The molecule has 2 amide bonds. The van der Waals surface area contributed by atoms with Crippen LogP contribution in [0.25, 0.3) is 0 Å². The fourth-order valence-corrected chi connectivity index (χ4v) is 3.53. The van der Waals surface area contributed by atoms with Gasteiger partial charge in [0.15, 0.2) is 6.61 Å². The summed E-state index contributed by atoms with van der Waals surface area (Å²) in [6, 6.07) is 21.9. The molecule has 0 aliphatic carbocycles. The minimum atomic E-state index is -0.296. The maximum absolute atomic E-state index is 12.5. The molecule has 1 aliphatic rings. The molecule has 1 fully saturated rings. The zero-order chi connectivity index (χ0) is 22.3. The van der Waals surface area contributed by atoms with Crippen LogP contribution in [0.4, 0.5) is 5.69 Å². The lowest BCUT2D eigenvalue weighted by molar-refractivity contribution is -0.118. The number of likely N-dealkylation sites (tertiary alicyclic amines) is 1. The summed E-state index contributed by atoms with van der Waals surface area (Å²) in [5.74, 6) is 1.71. The molecule has 3 aromatic rings. The first-order valence-corrected chi connectivity index (χ1v) is 10.7. The molecule has 1 heterocycles. The highest BCUT2D eigenvalue weighted by atomic mass is 16.5. The van der Waals surface area contributed by atoms with Crippen molar-refractivity contribution in [2.45, 2.75) is 19.8 Å². The second kappa shape index (κ2) is 10.0. The number of carbonyl (C=O) groups excluding carboxylic acids is 2. The fourth-order valence-electron chi connectivity index (χ4n) is 3.53. The lowest BCUT2D eigenvalue weighted by Gasteiger charge is -2.16. The van der Waals surface area contributed by atoms with Crippen LogP contribution in [-0.2, 0) is 4.79 Å². The Morgan fingerprint density at radius 1 is 0.875 bits per heavy atom. The van der Waals surface area contributed by atoms with Crippen molar-refractivity contribution < 1.29 is 19.1 Å². The van der Waals surface area contributed by atoms with E-state index in [4.69, 9.17) is 9.47 Å². The Kier molecular flexibility index (Phi) is 6.70. The highest BCUT2D eigenvalue weighted by molar-refractivity contribution is 5.97. The zero-order valence-corrected chi connectivity index (χ0v) is 18.0. The van der Waals surface area contributed by atoms with Gasteiger partial charge in [0.25, 0.3) is 11.8 Å². The molecule has 0 atom stereocenters. The van der Waals surface area contributed by atoms with Gasteiger partial charge in [0.1, 0.15) is 17.2 Å². The highest BCUT2D eigenvalue weighted by Crippen LogP contribution is 2.24. The molecule has 0 saturated carbocycles. The van der Waals surface area contributed by atoms with Crippen LogP contribution >= 0.6 is 0 Å². The maximum Gasteiger partial charge on any atom is 0.262 e. The third-order valence-corrected chi connectivity index (χ3v) is 5.24. The largest absolute Gasteiger partial charge is 0.484 e. The highest BCUT2D eigenvalue weighted by Gasteiger charge is 2.19. The van der Waals surface area contributed by atoms with Crippen molar-refractivity contribution >= 4 is 17.5 Å². The molecular weight excluding hydrogens is 404 g/mol. The number of rotatable bonds is 7. The molecule has 0 radical (unpaired) electrons. The second-order valence-corrected chi connectivity index (χ2v) is 7.80. The van der Waals surface area contributed by atoms with Crippen molar-refractivity contribution in [1.82, 2.24) is 4.90 Å². The van der Waals surface area contributed by atoms with Crippen molar-refractivity contribution in [3.8, 4) is 17.2 Å². The standard InChI is InChI=1S/C26H26N2O4/c1-19-7-9-23(10-8-19)32-24-13-11-22(12-14-24)31-18-25(29)27-21-6-4-5-20(17-21)26(30)28-15-2-3-16-28/h4-14,17H,2-3,15-16,18H2,1H3,(H,27,29). The SMILES string of the molecule is Cc1ccc(Oc2ccc(OCC(=O)Nc3cccc(C(=O)N4CCCC4)c3)cc2)cc1. The minimum Gasteiger partial charge on any atom is -0.484 e. The van der Waals surface area contributed by atoms with Crippen molar-refractivity contribution in [3.05, 3.63) is 83.9 Å². The van der Waals surface area contributed by atoms with Gasteiger partial charge in [-0.2, -0.15) is 0 Å². The second-order valence-electron chi connectivity index (χ2n) is 7.80. The Hall–Kier alpha value is -3.80. The molecule has 1 saturated heterocycles. The van der Waals surface area contributed by atoms with Gasteiger partial charge in [-0.3, -0.25) is 9.59 Å². The molecule has 6 heteroatoms. The normalized spacial score (nSPS) is 13.0. The van der Waals surface area contributed by atoms with Crippen LogP contribution in [0.15, 0.2) is 72.8 Å². The predicted octanol–water partition coefficient (Wildman–Crippen LogP) is 5.04. The van der Waals surface area contributed by atoms with Crippen LogP contribution in [0.1, 0.15) is 28.8 Å². The number of benzene rings is 3. The topological polar surface area (TPSA) is 67.9 Å². The van der Waals surface area contributed by atoms with Gasteiger partial charge in [-0.1, -0.05) is 23.8 Å². The van der Waals surface area contributed by atoms with E-state index in [1.54, 1.807) is 48.5 Å². The van der Waals surface area contributed by atoms with Crippen molar-refractivity contribution in [3.63, 3.8) is 0 Å². The van der Waals surface area contributed by atoms with E-state index in [0.717, 1.165) is 31.7 Å². The number of nitrogens with zero attached hydrogens (tertiary/aromatic N) is 1. The van der Waals surface area contributed by atoms with E-state index in [1.165, 1.54) is 5.56 Å². The molecule has 0 spiro atoms. The molecule has 4 rings (SSSR count). The van der Waals surface area contributed by atoms with Crippen LogP contribution < -0.4 is 14.8 Å². The van der Waals surface area contributed by atoms with Crippen molar-refractivity contribution in [2.24, 2.45) is 0 Å². The van der Waals surface area contributed by atoms with Gasteiger partial charge in [0, 0.05) is 24.3 Å². The summed E-state index contributed by atoms with van der Waals surface area (Å²) in [7, 11) is 0. The third kappa shape index (κ3) is 5.66. The van der Waals surface area contributed by atoms with Gasteiger partial charge >= 0.3 is 0 Å². The summed E-state index contributed by atoms with van der Waals surface area (Å²) in [4.78, 5) is 26.7. The first kappa shape index (κ1) is 21.4. The van der Waals surface area contributed by atoms with E-state index in [2.05, 4.69) is 5.32 Å². The first-order valence-electron chi connectivity index (χ1n) is 10.7. The molecule has 0 unspecified atom stereocenters. The number of aryl methyl sites for hydroxylation is 1. The Morgan fingerprint density at radius 2 is 1.50 bits per heavy atom. The summed E-state index contributed by atoms with van der Waals surface area (Å²) in [6.45, 7) is 3.47. The average Bonchev–Trinajstić information content (AvgIpc) is 3.35. The summed E-state index contributed by atoms with van der Waals surface area (Å²) in [5.41, 5.74) is 2.32. The van der Waals surface area contributed by atoms with Crippen LogP contribution in [0.2, 0.25) is 0 Å². The summed E-state index contributed by atoms with van der Waals surface area (Å²) < 4.78 is 11.4. The molecule has 164 valence electrons. The van der Waals surface area contributed by atoms with Gasteiger partial charge in [-0.05, 0) is 74.4 Å². The van der Waals surface area contributed by atoms with E-state index in [9.17, 15) is 9.59 Å². The lowest BCUT2D eigenvalue weighted by atomic mass is 10.1. The fraction of sp³-hybridized carbons (Fsp3) is 0.231. The average molecular weight is 431 g/mol. The van der Waals surface area contributed by atoms with Gasteiger partial charge in [-0.15, -0.1) is 0 Å². The number of anilines is 1. The molecular formula is C26H26N2O4. The van der Waals surface area contributed by atoms with E-state index in [-0.39, 0.29) is 18.4 Å². The van der Waals surface area contributed by atoms with E-state index < -0.39 is 0 Å². The van der Waals surface area contributed by atoms with E-state index in [0.29, 0.717) is 22.7 Å². The van der Waals surface area contributed by atoms with Gasteiger partial charge < -0.3 is 19.7 Å². The molecule has 0 bridgehead atoms. The van der Waals surface area contributed by atoms with E-state index in [1.807, 2.05) is 36.1 Å². The molecule has 1 N–H and O–H groups in total. The molecule has 32 heavy (non-hydrogen) atoms. The lowest BCUT2D eigenvalue weighted by Crippen LogP contribution is -2.27. The summed E-state index contributed by atoms with van der Waals surface area (Å²) in [6.07, 6.45) is 2.08. The Balaban J connectivity index is 1.28. The molecule has 1 aliphatic heterocycles. The maximum atomic E-state index is 12.5. The Morgan fingerprint density at radius 3 is 2.19 bits per heavy atom. The Labute approximate surface area is 187 Å². The van der Waals surface area contributed by atoms with Crippen molar-refractivity contribution in [2.75, 3.05) is 25.0 Å². The van der Waals surface area contributed by atoms with Crippen molar-refractivity contribution in [1.29, 1.82) is 0 Å². The third-order valence-electron chi connectivity index (χ3n) is 5.24. The van der Waals surface area contributed by atoms with E-state index >= 15 is 0 Å². The number of ether oxygens (including phenoxy) is 2. The zero-order valence-electron chi connectivity index (χ0n) is 18.0. The van der Waals surface area contributed by atoms with Gasteiger partial charge in [-0.25, -0.2) is 0 Å². The van der Waals surface area contributed by atoms with Crippen LogP contribution in [0, 0.1) is 6.92 Å². The van der Waals surface area contributed by atoms with Gasteiger partial charge in [0.2, 0.25) is 0 Å². The number of hydrogen-bond donors (Lipinski definition) is 1. The summed E-state index contributed by atoms with van der Waals surface area (Å²) in [5, 5.41) is 2.79. The molecule has 3 aromatic carbocycles. The number of hydrogen-bond acceptors (Lipinski definition) is 4. The quantitative estimate of drug-likeness (QED) is 0.570. The number of amides is 2. The van der Waals surface area contributed by atoms with Crippen LogP contribution in [0.3, 0.4) is 0 Å². The Bertz CT molecular complexity index is 1070.